The number of phenols is 1. The Hall–Kier alpha value is -2.87. The lowest BCUT2D eigenvalue weighted by atomic mass is 9.90. The average molecular weight is 268 g/mol. The molecule has 0 heterocycles. The second-order valence-electron chi connectivity index (χ2n) is 4.36. The van der Waals surface area contributed by atoms with Gasteiger partial charge in [0.2, 0.25) is 6.54 Å². The SMILES string of the molecule is N#Cc1ccc(C(C[N+](=O)[O-])c2ccccc2O)cc1. The van der Waals surface area contributed by atoms with Gasteiger partial charge in [-0.15, -0.1) is 0 Å². The quantitative estimate of drug-likeness (QED) is 0.682. The van der Waals surface area contributed by atoms with Crippen molar-refractivity contribution in [3.63, 3.8) is 0 Å². The minimum absolute atomic E-state index is 0.0312. The van der Waals surface area contributed by atoms with Crippen molar-refractivity contribution in [3.8, 4) is 11.8 Å². The molecule has 5 heteroatoms. The zero-order valence-electron chi connectivity index (χ0n) is 10.6. The number of aromatic hydroxyl groups is 1. The predicted molar refractivity (Wildman–Crippen MR) is 73.0 cm³/mol. The van der Waals surface area contributed by atoms with E-state index in [1.165, 1.54) is 6.07 Å². The Balaban J connectivity index is 2.44. The summed E-state index contributed by atoms with van der Waals surface area (Å²) in [5, 5.41) is 29.5. The molecule has 2 aromatic rings. The summed E-state index contributed by atoms with van der Waals surface area (Å²) >= 11 is 0. The molecule has 0 amide bonds. The maximum absolute atomic E-state index is 10.9. The smallest absolute Gasteiger partial charge is 0.214 e. The molecule has 2 aromatic carbocycles. The Morgan fingerprint density at radius 1 is 1.20 bits per heavy atom. The minimum atomic E-state index is -0.543. The number of rotatable bonds is 4. The molecule has 0 spiro atoms. The minimum Gasteiger partial charge on any atom is -0.508 e. The van der Waals surface area contributed by atoms with Crippen molar-refractivity contribution in [2.75, 3.05) is 6.54 Å². The molecular weight excluding hydrogens is 256 g/mol. The van der Waals surface area contributed by atoms with Crippen molar-refractivity contribution in [2.24, 2.45) is 0 Å². The fourth-order valence-electron chi connectivity index (χ4n) is 2.10. The van der Waals surface area contributed by atoms with Gasteiger partial charge >= 0.3 is 0 Å². The topological polar surface area (TPSA) is 87.2 Å². The van der Waals surface area contributed by atoms with Crippen LogP contribution in [0.3, 0.4) is 0 Å². The number of phenolic OH excluding ortho intramolecular Hbond substituents is 1. The van der Waals surface area contributed by atoms with Crippen LogP contribution < -0.4 is 0 Å². The fraction of sp³-hybridized carbons (Fsp3) is 0.133. The van der Waals surface area contributed by atoms with Gasteiger partial charge in [0.1, 0.15) is 5.75 Å². The Kier molecular flexibility index (Phi) is 3.96. The fourth-order valence-corrected chi connectivity index (χ4v) is 2.10. The van der Waals surface area contributed by atoms with E-state index in [4.69, 9.17) is 5.26 Å². The van der Waals surface area contributed by atoms with Crippen molar-refractivity contribution in [1.82, 2.24) is 0 Å². The zero-order chi connectivity index (χ0) is 14.5. The predicted octanol–water partition coefficient (Wildman–Crippen LogP) is 2.67. The van der Waals surface area contributed by atoms with E-state index in [9.17, 15) is 15.2 Å². The van der Waals surface area contributed by atoms with E-state index in [-0.39, 0.29) is 12.3 Å². The molecule has 2 rings (SSSR count). The molecule has 20 heavy (non-hydrogen) atoms. The van der Waals surface area contributed by atoms with Gasteiger partial charge in [-0.3, -0.25) is 10.1 Å². The monoisotopic (exact) mass is 268 g/mol. The summed E-state index contributed by atoms with van der Waals surface area (Å²) in [5.41, 5.74) is 1.70. The number of hydrogen-bond acceptors (Lipinski definition) is 4. The van der Waals surface area contributed by atoms with Crippen LogP contribution in [-0.4, -0.2) is 16.6 Å². The molecule has 0 aliphatic carbocycles. The van der Waals surface area contributed by atoms with Crippen LogP contribution in [0.25, 0.3) is 0 Å². The second kappa shape index (κ2) is 5.85. The first kappa shape index (κ1) is 13.6. The normalized spacial score (nSPS) is 11.6. The molecule has 0 aliphatic heterocycles. The molecular formula is C15H12N2O3. The van der Waals surface area contributed by atoms with Gasteiger partial charge in [0.05, 0.1) is 17.6 Å². The number of nitriles is 1. The lowest BCUT2D eigenvalue weighted by molar-refractivity contribution is -0.481. The van der Waals surface area contributed by atoms with Gasteiger partial charge in [0.25, 0.3) is 0 Å². The van der Waals surface area contributed by atoms with Gasteiger partial charge in [-0.2, -0.15) is 5.26 Å². The highest BCUT2D eigenvalue weighted by Crippen LogP contribution is 2.31. The van der Waals surface area contributed by atoms with Crippen LogP contribution in [0, 0.1) is 21.4 Å². The third-order valence-corrected chi connectivity index (χ3v) is 3.09. The highest BCUT2D eigenvalue weighted by atomic mass is 16.6. The first-order valence-corrected chi connectivity index (χ1v) is 6.01. The molecule has 0 aliphatic rings. The van der Waals surface area contributed by atoms with Crippen LogP contribution in [0.1, 0.15) is 22.6 Å². The lowest BCUT2D eigenvalue weighted by Crippen LogP contribution is -2.14. The molecule has 1 unspecified atom stereocenters. The number of nitrogens with zero attached hydrogens (tertiary/aromatic N) is 2. The van der Waals surface area contributed by atoms with Crippen molar-refractivity contribution >= 4 is 0 Å². The van der Waals surface area contributed by atoms with E-state index in [0.29, 0.717) is 16.7 Å². The van der Waals surface area contributed by atoms with Crippen LogP contribution in [0.2, 0.25) is 0 Å². The first-order valence-electron chi connectivity index (χ1n) is 6.01. The average Bonchev–Trinajstić information content (AvgIpc) is 2.46. The van der Waals surface area contributed by atoms with Gasteiger partial charge in [-0.25, -0.2) is 0 Å². The summed E-state index contributed by atoms with van der Waals surface area (Å²) < 4.78 is 0. The number of benzene rings is 2. The van der Waals surface area contributed by atoms with E-state index in [1.807, 2.05) is 6.07 Å². The van der Waals surface area contributed by atoms with E-state index >= 15 is 0 Å². The Morgan fingerprint density at radius 2 is 1.85 bits per heavy atom. The van der Waals surface area contributed by atoms with Crippen molar-refractivity contribution in [3.05, 3.63) is 75.3 Å². The van der Waals surface area contributed by atoms with Crippen molar-refractivity contribution in [2.45, 2.75) is 5.92 Å². The Labute approximate surface area is 115 Å². The summed E-state index contributed by atoms with van der Waals surface area (Å²) in [7, 11) is 0. The standard InChI is InChI=1S/C15H12N2O3/c16-9-11-5-7-12(8-6-11)14(10-17(19)20)13-3-1-2-4-15(13)18/h1-8,14,18H,10H2. The molecule has 0 bridgehead atoms. The van der Waals surface area contributed by atoms with E-state index in [0.717, 1.165) is 0 Å². The van der Waals surface area contributed by atoms with Crippen LogP contribution >= 0.6 is 0 Å². The highest BCUT2D eigenvalue weighted by molar-refractivity contribution is 5.43. The first-order chi connectivity index (χ1) is 9.61. The maximum Gasteiger partial charge on any atom is 0.214 e. The second-order valence-corrected chi connectivity index (χ2v) is 4.36. The van der Waals surface area contributed by atoms with Crippen molar-refractivity contribution < 1.29 is 10.0 Å². The van der Waals surface area contributed by atoms with Crippen LogP contribution in [0.4, 0.5) is 0 Å². The number of hydrogen-bond donors (Lipinski definition) is 1. The summed E-state index contributed by atoms with van der Waals surface area (Å²) in [6.07, 6.45) is 0. The van der Waals surface area contributed by atoms with Gasteiger partial charge < -0.3 is 5.11 Å². The van der Waals surface area contributed by atoms with E-state index in [1.54, 1.807) is 42.5 Å². The molecule has 0 radical (unpaired) electrons. The molecule has 0 fully saturated rings. The number of nitro groups is 1. The Bertz CT molecular complexity index is 660. The van der Waals surface area contributed by atoms with Crippen molar-refractivity contribution in [1.29, 1.82) is 5.26 Å². The molecule has 1 N–H and O–H groups in total. The van der Waals surface area contributed by atoms with Crippen LogP contribution in [0.15, 0.2) is 48.5 Å². The third-order valence-electron chi connectivity index (χ3n) is 3.09. The van der Waals surface area contributed by atoms with Gasteiger partial charge in [-0.05, 0) is 23.8 Å². The molecule has 0 saturated carbocycles. The van der Waals surface area contributed by atoms with E-state index < -0.39 is 10.8 Å². The summed E-state index contributed by atoms with van der Waals surface area (Å²) in [5.74, 6) is -0.511. The summed E-state index contributed by atoms with van der Waals surface area (Å²) in [6.45, 7) is -0.316. The third kappa shape index (κ3) is 2.93. The largest absolute Gasteiger partial charge is 0.508 e. The zero-order valence-corrected chi connectivity index (χ0v) is 10.6. The molecule has 0 aromatic heterocycles. The highest BCUT2D eigenvalue weighted by Gasteiger charge is 2.22. The maximum atomic E-state index is 10.9. The molecule has 0 saturated heterocycles. The van der Waals surface area contributed by atoms with Gasteiger partial charge in [0.15, 0.2) is 0 Å². The molecule has 1 atom stereocenters. The van der Waals surface area contributed by atoms with Crippen LogP contribution in [0.5, 0.6) is 5.75 Å². The van der Waals surface area contributed by atoms with Gasteiger partial charge in [-0.1, -0.05) is 30.3 Å². The summed E-state index contributed by atoms with van der Waals surface area (Å²) in [4.78, 5) is 10.5. The summed E-state index contributed by atoms with van der Waals surface area (Å²) in [6, 6.07) is 15.2. The Morgan fingerprint density at radius 3 is 2.40 bits per heavy atom. The molecule has 100 valence electrons. The molecule has 5 nitrogen and oxygen atoms in total. The lowest BCUT2D eigenvalue weighted by Gasteiger charge is -2.15. The van der Waals surface area contributed by atoms with E-state index in [2.05, 4.69) is 0 Å². The number of para-hydroxylation sites is 1. The van der Waals surface area contributed by atoms with Crippen LogP contribution in [-0.2, 0) is 0 Å². The van der Waals surface area contributed by atoms with Gasteiger partial charge in [0, 0.05) is 10.5 Å².